The summed E-state index contributed by atoms with van der Waals surface area (Å²) in [5.41, 5.74) is 5.52. The van der Waals surface area contributed by atoms with Crippen molar-refractivity contribution in [2.75, 3.05) is 0 Å². The van der Waals surface area contributed by atoms with Gasteiger partial charge in [-0.3, -0.25) is 4.79 Å². The van der Waals surface area contributed by atoms with Crippen molar-refractivity contribution < 1.29 is 4.79 Å². The molecule has 0 aromatic rings. The van der Waals surface area contributed by atoms with Gasteiger partial charge in [-0.05, 0) is 35.1 Å². The molecule has 2 aliphatic rings. The largest absolute Gasteiger partial charge is 0.298 e. The molecular weight excluding hydrogens is 196 g/mol. The predicted molar refractivity (Wildman–Crippen MR) is 67.3 cm³/mol. The van der Waals surface area contributed by atoms with Gasteiger partial charge in [0.2, 0.25) is 0 Å². The summed E-state index contributed by atoms with van der Waals surface area (Å²) >= 11 is 0. The van der Waals surface area contributed by atoms with Gasteiger partial charge in [0.1, 0.15) is 0 Å². The fraction of sp³-hybridized carbons (Fsp3) is 0.267. The van der Waals surface area contributed by atoms with E-state index in [2.05, 4.69) is 32.9 Å². The number of rotatable bonds is 2. The van der Waals surface area contributed by atoms with Gasteiger partial charge in [-0.2, -0.15) is 0 Å². The number of fused-ring (bicyclic) bond motifs is 1. The maximum Gasteiger partial charge on any atom is 0.150 e. The van der Waals surface area contributed by atoms with E-state index in [9.17, 15) is 4.79 Å². The minimum atomic E-state index is 0.476. The van der Waals surface area contributed by atoms with E-state index >= 15 is 0 Å². The van der Waals surface area contributed by atoms with Crippen LogP contribution in [0.1, 0.15) is 41.3 Å². The first-order chi connectivity index (χ1) is 7.63. The average Bonchev–Trinajstić information content (AvgIpc) is 2.51. The zero-order valence-electron chi connectivity index (χ0n) is 9.95. The molecule has 2 rings (SSSR count). The fourth-order valence-electron chi connectivity index (χ4n) is 2.00. The second kappa shape index (κ2) is 4.09. The van der Waals surface area contributed by atoms with Crippen molar-refractivity contribution in [3.63, 3.8) is 0 Å². The standard InChI is InChI=1S/C15H16O/c1-10(2)12-5-6-13(9-16)14-7-4-11(3)15(14)8-12/h4-10H,1-3H3. The van der Waals surface area contributed by atoms with Crippen LogP contribution in [0.2, 0.25) is 0 Å². The van der Waals surface area contributed by atoms with Gasteiger partial charge in [0.25, 0.3) is 0 Å². The zero-order chi connectivity index (χ0) is 11.7. The number of aryl methyl sites for hydroxylation is 1. The van der Waals surface area contributed by atoms with Crippen molar-refractivity contribution >= 4 is 6.29 Å². The highest BCUT2D eigenvalue weighted by Gasteiger charge is 2.11. The second-order valence-corrected chi connectivity index (χ2v) is 4.55. The summed E-state index contributed by atoms with van der Waals surface area (Å²) in [6.45, 7) is 6.42. The smallest absolute Gasteiger partial charge is 0.150 e. The maximum absolute atomic E-state index is 11.0. The van der Waals surface area contributed by atoms with Crippen LogP contribution in [0, 0.1) is 6.92 Å². The van der Waals surface area contributed by atoms with E-state index in [1.165, 1.54) is 16.7 Å². The first-order valence-electron chi connectivity index (χ1n) is 5.62. The van der Waals surface area contributed by atoms with Crippen LogP contribution in [0.3, 0.4) is 0 Å². The molecule has 1 nitrogen and oxygen atoms in total. The molecule has 0 unspecified atom stereocenters. The molecule has 2 aliphatic carbocycles. The normalized spacial score (nSPS) is 11.0. The Morgan fingerprint density at radius 1 is 1.06 bits per heavy atom. The molecule has 0 saturated heterocycles. The fourth-order valence-corrected chi connectivity index (χ4v) is 2.00. The number of aldehydes is 1. The van der Waals surface area contributed by atoms with Crippen molar-refractivity contribution in [2.45, 2.75) is 26.7 Å². The van der Waals surface area contributed by atoms with Gasteiger partial charge in [0.15, 0.2) is 6.29 Å². The summed E-state index contributed by atoms with van der Waals surface area (Å²) in [7, 11) is 0. The van der Waals surface area contributed by atoms with E-state index in [0.29, 0.717) is 5.92 Å². The number of hydrogen-bond acceptors (Lipinski definition) is 1. The Hall–Kier alpha value is -1.63. The van der Waals surface area contributed by atoms with Gasteiger partial charge < -0.3 is 0 Å². The van der Waals surface area contributed by atoms with E-state index < -0.39 is 0 Å². The van der Waals surface area contributed by atoms with Crippen LogP contribution in [0.25, 0.3) is 11.1 Å². The molecule has 0 aromatic heterocycles. The molecule has 0 spiro atoms. The predicted octanol–water partition coefficient (Wildman–Crippen LogP) is 4.04. The number of carbonyl (C=O) groups is 1. The first kappa shape index (κ1) is 10.9. The number of hydrogen-bond donors (Lipinski definition) is 0. The highest BCUT2D eigenvalue weighted by atomic mass is 16.1. The van der Waals surface area contributed by atoms with Crippen LogP contribution in [-0.2, 0) is 0 Å². The molecular formula is C15H16O. The lowest BCUT2D eigenvalue weighted by molar-refractivity contribution is 0.112. The monoisotopic (exact) mass is 212 g/mol. The van der Waals surface area contributed by atoms with Gasteiger partial charge in [-0.15, -0.1) is 0 Å². The summed E-state index contributed by atoms with van der Waals surface area (Å²) in [5, 5.41) is 0. The summed E-state index contributed by atoms with van der Waals surface area (Å²) < 4.78 is 0. The van der Waals surface area contributed by atoms with Crippen molar-refractivity contribution in [1.29, 1.82) is 0 Å². The third kappa shape index (κ3) is 1.73. The van der Waals surface area contributed by atoms with E-state index in [1.807, 2.05) is 18.2 Å². The van der Waals surface area contributed by atoms with Crippen molar-refractivity contribution in [3.8, 4) is 11.1 Å². The Labute approximate surface area is 96.5 Å². The summed E-state index contributed by atoms with van der Waals surface area (Å²) in [6, 6.07) is 10.3. The topological polar surface area (TPSA) is 17.1 Å². The Bertz CT molecular complexity index is 497. The van der Waals surface area contributed by atoms with Crippen molar-refractivity contribution in [2.24, 2.45) is 0 Å². The zero-order valence-corrected chi connectivity index (χ0v) is 9.95. The lowest BCUT2D eigenvalue weighted by atomic mass is 10.0. The molecule has 0 aromatic carbocycles. The van der Waals surface area contributed by atoms with Crippen LogP contribution < -0.4 is 0 Å². The van der Waals surface area contributed by atoms with Crippen LogP contribution in [0.15, 0.2) is 30.3 Å². The minimum absolute atomic E-state index is 0.476. The van der Waals surface area contributed by atoms with E-state index in [0.717, 1.165) is 17.4 Å². The Balaban J connectivity index is 2.74. The highest BCUT2D eigenvalue weighted by Crippen LogP contribution is 2.31. The van der Waals surface area contributed by atoms with Crippen LogP contribution in [0.5, 0.6) is 0 Å². The van der Waals surface area contributed by atoms with E-state index in [4.69, 9.17) is 0 Å². The van der Waals surface area contributed by atoms with Gasteiger partial charge in [0.05, 0.1) is 0 Å². The molecule has 0 bridgehead atoms. The van der Waals surface area contributed by atoms with Gasteiger partial charge >= 0.3 is 0 Å². The van der Waals surface area contributed by atoms with Crippen molar-refractivity contribution in [1.82, 2.24) is 0 Å². The first-order valence-corrected chi connectivity index (χ1v) is 5.62. The molecule has 0 atom stereocenters. The molecule has 0 fully saturated rings. The van der Waals surface area contributed by atoms with Gasteiger partial charge in [-0.1, -0.05) is 44.2 Å². The Kier molecular flexibility index (Phi) is 2.78. The average molecular weight is 212 g/mol. The maximum atomic E-state index is 11.0. The molecule has 0 saturated carbocycles. The molecule has 1 heteroatoms. The van der Waals surface area contributed by atoms with E-state index in [1.54, 1.807) is 0 Å². The van der Waals surface area contributed by atoms with Gasteiger partial charge in [0, 0.05) is 5.56 Å². The lowest BCUT2D eigenvalue weighted by Gasteiger charge is -2.03. The highest BCUT2D eigenvalue weighted by molar-refractivity contribution is 5.89. The minimum Gasteiger partial charge on any atom is -0.298 e. The summed E-state index contributed by atoms with van der Waals surface area (Å²) in [5.74, 6) is 0.476. The van der Waals surface area contributed by atoms with Crippen LogP contribution >= 0.6 is 0 Å². The molecule has 0 amide bonds. The molecule has 0 aliphatic heterocycles. The quantitative estimate of drug-likeness (QED) is 0.687. The Morgan fingerprint density at radius 2 is 1.81 bits per heavy atom. The molecule has 82 valence electrons. The summed E-state index contributed by atoms with van der Waals surface area (Å²) in [6.07, 6.45) is 0.936. The van der Waals surface area contributed by atoms with Crippen molar-refractivity contribution in [3.05, 3.63) is 47.0 Å². The third-order valence-electron chi connectivity index (χ3n) is 3.09. The molecule has 0 radical (unpaired) electrons. The van der Waals surface area contributed by atoms with Crippen LogP contribution in [-0.4, -0.2) is 6.29 Å². The van der Waals surface area contributed by atoms with E-state index in [-0.39, 0.29) is 0 Å². The Morgan fingerprint density at radius 3 is 2.44 bits per heavy atom. The SMILES string of the molecule is Cc1ccc2c(C=O)ccc(C(C)C)cc1-2. The summed E-state index contributed by atoms with van der Waals surface area (Å²) in [4.78, 5) is 11.0. The van der Waals surface area contributed by atoms with Gasteiger partial charge in [-0.25, -0.2) is 0 Å². The second-order valence-electron chi connectivity index (χ2n) is 4.55. The lowest BCUT2D eigenvalue weighted by Crippen LogP contribution is -1.83. The molecule has 16 heavy (non-hydrogen) atoms. The molecule has 0 N–H and O–H groups in total. The number of carbonyl (C=O) groups excluding carboxylic acids is 1. The van der Waals surface area contributed by atoms with Crippen LogP contribution in [0.4, 0.5) is 0 Å². The third-order valence-corrected chi connectivity index (χ3v) is 3.09. The molecule has 0 heterocycles.